The van der Waals surface area contributed by atoms with Gasteiger partial charge in [-0.2, -0.15) is 20.3 Å². The lowest BCUT2D eigenvalue weighted by atomic mass is 9.92. The molecule has 0 atom stereocenters. The molecule has 8 aromatic heterocycles. The van der Waals surface area contributed by atoms with Crippen molar-refractivity contribution in [2.75, 3.05) is 117 Å². The number of anilines is 5. The summed E-state index contributed by atoms with van der Waals surface area (Å²) in [5, 5.41) is 38.3. The van der Waals surface area contributed by atoms with Crippen LogP contribution in [-0.4, -0.2) is 153 Å². The molecule has 0 amide bonds. The van der Waals surface area contributed by atoms with Crippen molar-refractivity contribution in [1.29, 1.82) is 0 Å². The fourth-order valence-corrected chi connectivity index (χ4v) is 15.9. The molecule has 1 N–H and O–H groups in total. The number of piperidine rings is 4. The molecule has 4 aliphatic rings. The van der Waals surface area contributed by atoms with Crippen molar-refractivity contribution in [2.45, 2.75) is 170 Å². The normalized spacial score (nSPS) is 15.1. The Kier molecular flexibility index (Phi) is 30.5. The summed E-state index contributed by atoms with van der Waals surface area (Å²) in [6.45, 7) is 26.9. The molecule has 0 spiro atoms. The number of oxazole rings is 3. The van der Waals surface area contributed by atoms with E-state index in [1.165, 1.54) is 49.6 Å². The number of unbranched alkanes of at least 4 members (excludes halogenated alkanes) is 1. The zero-order chi connectivity index (χ0) is 79.5. The third-order valence-corrected chi connectivity index (χ3v) is 22.8. The monoisotopic (exact) mass is 1600 g/mol. The van der Waals surface area contributed by atoms with E-state index in [2.05, 4.69) is 137 Å². The van der Waals surface area contributed by atoms with E-state index in [1.54, 1.807) is 17.4 Å². The minimum Gasteiger partial charge on any atom is -0.494 e. The first kappa shape index (κ1) is 82.8. The topological polar surface area (TPSA) is 265 Å². The van der Waals surface area contributed by atoms with Crippen LogP contribution >= 0.6 is 22.9 Å². The third-order valence-electron chi connectivity index (χ3n) is 21.6. The van der Waals surface area contributed by atoms with Crippen LogP contribution in [0.1, 0.15) is 166 Å². The standard InChI is InChI=1S/C23H30N4O2.C22H29N5OS.C22H28N4O2.C21H25ClN4O3/c1-3-4-5-23-24-20-8-7-19(16-21(20)29-23)28-15-12-18-10-13-27(14-11-18)22-9-6-17(2)25-26-22;1-3-11-23-22-24-19-6-5-18(15-20(19)29-22)28-14-10-17-8-12-27(13-9-17)21-7-4-16(2)25-26-21;1-3-4-22-23-19-7-6-18(15-20(19)28-22)27-14-11-17-9-12-26(13-10-17)21-8-5-16(2)24-25-21;1-2-27-21-23-17-6-5-16(14-18(17)29-21)28-13-3-4-15-9-11-26(12-10-15)20-8-7-19(22)24-25-20/h6-9,16,18H,3-5,10-15H2,1-2H3;4-7,15,17H,3,8-14H2,1-2H3,(H,23,24);5-8,15,17H,3-4,9-14H2,1-2H3;5-8,14-15H,2-4,9-13H2,1H3. The van der Waals surface area contributed by atoms with Crippen LogP contribution in [0.2, 0.25) is 5.15 Å². The summed E-state index contributed by atoms with van der Waals surface area (Å²) in [4.78, 5) is 27.2. The number of rotatable bonds is 31. The molecule has 4 saturated heterocycles. The second kappa shape index (κ2) is 42.4. The number of hydrogen-bond acceptors (Lipinski definition) is 26. The van der Waals surface area contributed by atoms with Gasteiger partial charge in [0.1, 0.15) is 39.5 Å². The molecule has 12 aromatic rings. The smallest absolute Gasteiger partial charge is 0.394 e. The summed E-state index contributed by atoms with van der Waals surface area (Å²) in [6.07, 6.45) is 21.2. The van der Waals surface area contributed by atoms with Gasteiger partial charge >= 0.3 is 6.08 Å². The highest BCUT2D eigenvalue weighted by Gasteiger charge is 2.26. The molecule has 610 valence electrons. The zero-order valence-corrected chi connectivity index (χ0v) is 69.5. The second-order valence-electron chi connectivity index (χ2n) is 30.4. The SMILES string of the molecule is CCCCc1nc2ccc(OCCC3CCN(c4ccc(C)nn4)CC3)cc2o1.CCCNc1nc2ccc(OCCC3CCN(c4ccc(C)nn4)CC3)cc2s1.CCCc1nc2ccc(OCCC3CCN(c4ccc(C)nn4)CC3)cc2o1.CCOc1nc2ccc(OCCCC3CCN(c4ccc(Cl)nn4)CC3)cc2o1. The van der Waals surface area contributed by atoms with E-state index >= 15 is 0 Å². The summed E-state index contributed by atoms with van der Waals surface area (Å²) in [5.41, 5.74) is 8.83. The van der Waals surface area contributed by atoms with Gasteiger partial charge in [-0.15, -0.1) is 25.5 Å². The Balaban J connectivity index is 0.000000134. The van der Waals surface area contributed by atoms with Gasteiger partial charge in [-0.3, -0.25) is 0 Å². The molecule has 12 heterocycles. The van der Waals surface area contributed by atoms with Gasteiger partial charge in [-0.1, -0.05) is 50.1 Å². The third kappa shape index (κ3) is 24.7. The van der Waals surface area contributed by atoms with Gasteiger partial charge < -0.3 is 61.9 Å². The molecular formula is C88H112ClN17O8S. The predicted molar refractivity (Wildman–Crippen MR) is 456 cm³/mol. The fourth-order valence-electron chi connectivity index (χ4n) is 14.9. The molecular weight excluding hydrogens is 1490 g/mol. The Hall–Kier alpha value is -10.2. The average molecular weight is 1600 g/mol. The van der Waals surface area contributed by atoms with Crippen LogP contribution in [0.15, 0.2) is 135 Å². The number of ether oxygens (including phenoxy) is 5. The number of nitrogens with zero attached hydrogens (tertiary/aromatic N) is 16. The lowest BCUT2D eigenvalue weighted by molar-refractivity contribution is 0.251. The first-order chi connectivity index (χ1) is 56.3. The number of thiazole rings is 1. The minimum atomic E-state index is 0.301. The number of fused-ring (bicyclic) bond motifs is 4. The van der Waals surface area contributed by atoms with Crippen LogP contribution < -0.4 is 48.6 Å². The Morgan fingerprint density at radius 1 is 0.391 bits per heavy atom. The molecule has 0 unspecified atom stereocenters. The van der Waals surface area contributed by atoms with Crippen LogP contribution in [0.4, 0.5) is 28.4 Å². The van der Waals surface area contributed by atoms with Gasteiger partial charge in [0.05, 0.1) is 60.3 Å². The number of aryl methyl sites for hydroxylation is 5. The highest BCUT2D eigenvalue weighted by molar-refractivity contribution is 7.22. The van der Waals surface area contributed by atoms with E-state index < -0.39 is 0 Å². The van der Waals surface area contributed by atoms with E-state index in [9.17, 15) is 0 Å². The van der Waals surface area contributed by atoms with E-state index in [-0.39, 0.29) is 0 Å². The minimum absolute atomic E-state index is 0.301. The molecule has 4 fully saturated rings. The average Bonchev–Trinajstić information content (AvgIpc) is 1.70. The Morgan fingerprint density at radius 2 is 0.800 bits per heavy atom. The maximum Gasteiger partial charge on any atom is 0.394 e. The van der Waals surface area contributed by atoms with Crippen molar-refractivity contribution >= 4 is 94.9 Å². The predicted octanol–water partition coefficient (Wildman–Crippen LogP) is 19.2. The molecule has 115 heavy (non-hydrogen) atoms. The highest BCUT2D eigenvalue weighted by atomic mass is 35.5. The first-order valence-corrected chi connectivity index (χ1v) is 42.9. The maximum absolute atomic E-state index is 6.05. The number of nitrogens with one attached hydrogen (secondary N) is 1. The summed E-state index contributed by atoms with van der Waals surface area (Å²) >= 11 is 7.51. The molecule has 0 saturated carbocycles. The van der Waals surface area contributed by atoms with E-state index in [0.29, 0.717) is 47.8 Å². The van der Waals surface area contributed by atoms with Crippen LogP contribution in [0.5, 0.6) is 29.1 Å². The zero-order valence-electron chi connectivity index (χ0n) is 67.9. The van der Waals surface area contributed by atoms with Gasteiger partial charge in [0, 0.05) is 89.9 Å². The number of aromatic nitrogens is 12. The van der Waals surface area contributed by atoms with Gasteiger partial charge in [0.2, 0.25) is 0 Å². The van der Waals surface area contributed by atoms with Crippen molar-refractivity contribution in [2.24, 2.45) is 23.7 Å². The van der Waals surface area contributed by atoms with Crippen molar-refractivity contribution in [1.82, 2.24) is 60.7 Å². The van der Waals surface area contributed by atoms with E-state index in [4.69, 9.17) is 48.5 Å². The summed E-state index contributed by atoms with van der Waals surface area (Å²) in [6, 6.07) is 39.8. The molecule has 0 aliphatic carbocycles. The molecule has 16 rings (SSSR count). The Morgan fingerprint density at radius 3 is 1.22 bits per heavy atom. The number of benzene rings is 4. The van der Waals surface area contributed by atoms with Crippen molar-refractivity contribution in [3.8, 4) is 29.1 Å². The highest BCUT2D eigenvalue weighted by Crippen LogP contribution is 2.34. The van der Waals surface area contributed by atoms with Crippen molar-refractivity contribution in [3.63, 3.8) is 0 Å². The summed E-state index contributed by atoms with van der Waals surface area (Å²) < 4.78 is 47.7. The van der Waals surface area contributed by atoms with Crippen LogP contribution in [0.3, 0.4) is 0 Å². The fraction of sp³-hybridized carbons (Fsp3) is 0.500. The quantitative estimate of drug-likeness (QED) is 0.0396. The molecule has 27 heteroatoms. The number of hydrogen-bond donors (Lipinski definition) is 1. The lowest BCUT2D eigenvalue weighted by Gasteiger charge is -2.32. The molecule has 4 aliphatic heterocycles. The van der Waals surface area contributed by atoms with Crippen LogP contribution in [0.25, 0.3) is 43.5 Å². The summed E-state index contributed by atoms with van der Waals surface area (Å²) in [7, 11) is 0. The molecule has 0 radical (unpaired) electrons. The van der Waals surface area contributed by atoms with E-state index in [0.717, 1.165) is 275 Å². The van der Waals surface area contributed by atoms with E-state index in [1.807, 2.05) is 113 Å². The second-order valence-corrected chi connectivity index (χ2v) is 31.8. The molecule has 4 aromatic carbocycles. The number of halogens is 1. The maximum atomic E-state index is 6.05. The Bertz CT molecular complexity index is 4730. The van der Waals surface area contributed by atoms with Gasteiger partial charge in [-0.05, 0) is 257 Å². The largest absolute Gasteiger partial charge is 0.494 e. The van der Waals surface area contributed by atoms with Crippen molar-refractivity contribution in [3.05, 3.63) is 155 Å². The van der Waals surface area contributed by atoms with Crippen LogP contribution in [-0.2, 0) is 12.8 Å². The molecule has 25 nitrogen and oxygen atoms in total. The summed E-state index contributed by atoms with van der Waals surface area (Å²) in [5.74, 6) is 11.8. The van der Waals surface area contributed by atoms with Gasteiger partial charge in [-0.25, -0.2) is 15.0 Å². The van der Waals surface area contributed by atoms with Crippen molar-refractivity contribution < 1.29 is 36.9 Å². The van der Waals surface area contributed by atoms with Gasteiger partial charge in [0.15, 0.2) is 62.1 Å². The van der Waals surface area contributed by atoms with Gasteiger partial charge in [0.25, 0.3) is 0 Å². The molecule has 0 bridgehead atoms. The Labute approximate surface area is 684 Å². The first-order valence-electron chi connectivity index (χ1n) is 41.7. The van der Waals surface area contributed by atoms with Crippen LogP contribution in [0, 0.1) is 44.4 Å². The lowest BCUT2D eigenvalue weighted by Crippen LogP contribution is -2.34.